The van der Waals surface area contributed by atoms with Crippen molar-refractivity contribution in [3.05, 3.63) is 62.1 Å². The molecule has 2 aromatic rings. The molecule has 0 aromatic heterocycles. The number of anilines is 2. The zero-order chi connectivity index (χ0) is 14.7. The van der Waals surface area contributed by atoms with Crippen LogP contribution in [0.4, 0.5) is 17.1 Å². The number of nitrogens with one attached hydrogen (secondary N) is 1. The quantitative estimate of drug-likeness (QED) is 0.668. The van der Waals surface area contributed by atoms with Crippen LogP contribution in [0.5, 0.6) is 0 Å². The van der Waals surface area contributed by atoms with E-state index in [-0.39, 0.29) is 11.3 Å². The van der Waals surface area contributed by atoms with Crippen molar-refractivity contribution in [2.45, 2.75) is 0 Å². The maximum atomic E-state index is 10.7. The van der Waals surface area contributed by atoms with Gasteiger partial charge in [0, 0.05) is 17.2 Å². The Morgan fingerprint density at radius 1 is 1.15 bits per heavy atom. The summed E-state index contributed by atoms with van der Waals surface area (Å²) in [5.41, 5.74) is 1.00. The average Bonchev–Trinajstić information content (AvgIpc) is 2.42. The molecule has 0 amide bonds. The van der Waals surface area contributed by atoms with Gasteiger partial charge in [0.25, 0.3) is 5.69 Å². The van der Waals surface area contributed by atoms with Crippen molar-refractivity contribution in [2.24, 2.45) is 0 Å². The third-order valence-corrected chi connectivity index (χ3v) is 3.08. The summed E-state index contributed by atoms with van der Waals surface area (Å²) in [6.45, 7) is 0. The van der Waals surface area contributed by atoms with Crippen LogP contribution < -0.4 is 5.32 Å². The predicted molar refractivity (Wildman–Crippen MR) is 77.6 cm³/mol. The standard InChI is InChI=1S/C13H7Cl2N3O2/c14-9-1-3-13(11(15)6-9)17-12-4-2-10(18(19)20)5-8(12)7-16/h1-6,17H. The molecule has 0 aliphatic rings. The number of rotatable bonds is 3. The minimum absolute atomic E-state index is 0.144. The summed E-state index contributed by atoms with van der Waals surface area (Å²) in [6, 6.07) is 10.7. The molecular formula is C13H7Cl2N3O2. The van der Waals surface area contributed by atoms with E-state index in [1.54, 1.807) is 18.2 Å². The second-order valence-electron chi connectivity index (χ2n) is 3.85. The largest absolute Gasteiger partial charge is 0.353 e. The van der Waals surface area contributed by atoms with Crippen molar-refractivity contribution < 1.29 is 4.92 Å². The van der Waals surface area contributed by atoms with Gasteiger partial charge in [0.15, 0.2) is 0 Å². The van der Waals surface area contributed by atoms with Crippen LogP contribution in [0.1, 0.15) is 5.56 Å². The topological polar surface area (TPSA) is 79.0 Å². The number of benzene rings is 2. The lowest BCUT2D eigenvalue weighted by Gasteiger charge is -2.10. The third kappa shape index (κ3) is 2.99. The Kier molecular flexibility index (Phi) is 4.08. The average molecular weight is 308 g/mol. The fourth-order valence-corrected chi connectivity index (χ4v) is 2.04. The molecule has 1 N–H and O–H groups in total. The first kappa shape index (κ1) is 14.1. The van der Waals surface area contributed by atoms with Crippen molar-refractivity contribution in [2.75, 3.05) is 5.32 Å². The van der Waals surface area contributed by atoms with E-state index in [0.29, 0.717) is 21.4 Å². The maximum Gasteiger partial charge on any atom is 0.270 e. The van der Waals surface area contributed by atoms with Crippen molar-refractivity contribution in [1.82, 2.24) is 0 Å². The fraction of sp³-hybridized carbons (Fsp3) is 0. The highest BCUT2D eigenvalue weighted by atomic mass is 35.5. The van der Waals surface area contributed by atoms with Gasteiger partial charge in [-0.1, -0.05) is 23.2 Å². The van der Waals surface area contributed by atoms with Gasteiger partial charge in [0.2, 0.25) is 0 Å². The Hall–Kier alpha value is -2.29. The van der Waals surface area contributed by atoms with Gasteiger partial charge in [-0.2, -0.15) is 5.26 Å². The molecule has 0 saturated heterocycles. The van der Waals surface area contributed by atoms with Crippen LogP contribution in [-0.2, 0) is 0 Å². The normalized spacial score (nSPS) is 9.85. The van der Waals surface area contributed by atoms with Crippen molar-refractivity contribution in [3.8, 4) is 6.07 Å². The van der Waals surface area contributed by atoms with Gasteiger partial charge in [-0.05, 0) is 24.3 Å². The highest BCUT2D eigenvalue weighted by Crippen LogP contribution is 2.30. The Balaban J connectivity index is 2.39. The molecule has 0 bridgehead atoms. The first-order valence-corrected chi connectivity index (χ1v) is 6.17. The number of nitrogens with zero attached hydrogens (tertiary/aromatic N) is 2. The molecule has 0 atom stereocenters. The van der Waals surface area contributed by atoms with Gasteiger partial charge in [0.05, 0.1) is 26.9 Å². The molecule has 20 heavy (non-hydrogen) atoms. The number of nitriles is 1. The highest BCUT2D eigenvalue weighted by molar-refractivity contribution is 6.36. The lowest BCUT2D eigenvalue weighted by atomic mass is 10.1. The molecule has 2 rings (SSSR count). The van der Waals surface area contributed by atoms with Gasteiger partial charge in [-0.3, -0.25) is 10.1 Å². The Morgan fingerprint density at radius 3 is 2.45 bits per heavy atom. The van der Waals surface area contributed by atoms with Gasteiger partial charge in [-0.25, -0.2) is 0 Å². The van der Waals surface area contributed by atoms with Gasteiger partial charge in [-0.15, -0.1) is 0 Å². The lowest BCUT2D eigenvalue weighted by Crippen LogP contribution is -1.96. The lowest BCUT2D eigenvalue weighted by molar-refractivity contribution is -0.384. The molecule has 0 radical (unpaired) electrons. The number of hydrogen-bond donors (Lipinski definition) is 1. The van der Waals surface area contributed by atoms with E-state index < -0.39 is 4.92 Å². The Labute approximate surface area is 124 Å². The van der Waals surface area contributed by atoms with Crippen LogP contribution in [-0.4, -0.2) is 4.92 Å². The molecule has 2 aromatic carbocycles. The van der Waals surface area contributed by atoms with Gasteiger partial charge in [0.1, 0.15) is 6.07 Å². The number of nitro benzene ring substituents is 1. The summed E-state index contributed by atoms with van der Waals surface area (Å²) in [6.07, 6.45) is 0. The zero-order valence-electron chi connectivity index (χ0n) is 9.93. The Morgan fingerprint density at radius 2 is 1.85 bits per heavy atom. The van der Waals surface area contributed by atoms with Crippen LogP contribution in [0.25, 0.3) is 0 Å². The maximum absolute atomic E-state index is 10.7. The fourth-order valence-electron chi connectivity index (χ4n) is 1.58. The van der Waals surface area contributed by atoms with Crippen molar-refractivity contribution in [3.63, 3.8) is 0 Å². The molecule has 0 aliphatic carbocycles. The van der Waals surface area contributed by atoms with E-state index in [1.165, 1.54) is 18.2 Å². The van der Waals surface area contributed by atoms with Crippen LogP contribution in [0, 0.1) is 21.4 Å². The summed E-state index contributed by atoms with van der Waals surface area (Å²) in [5, 5.41) is 23.5. The molecule has 0 aliphatic heterocycles. The van der Waals surface area contributed by atoms with Gasteiger partial charge >= 0.3 is 0 Å². The molecule has 5 nitrogen and oxygen atoms in total. The van der Waals surface area contributed by atoms with E-state index in [1.807, 2.05) is 6.07 Å². The summed E-state index contributed by atoms with van der Waals surface area (Å²) in [7, 11) is 0. The van der Waals surface area contributed by atoms with Crippen LogP contribution in [0.3, 0.4) is 0 Å². The number of non-ortho nitro benzene ring substituents is 1. The van der Waals surface area contributed by atoms with E-state index >= 15 is 0 Å². The third-order valence-electron chi connectivity index (χ3n) is 2.53. The second-order valence-corrected chi connectivity index (χ2v) is 4.69. The summed E-state index contributed by atoms with van der Waals surface area (Å²) in [5.74, 6) is 0. The first-order chi connectivity index (χ1) is 9.51. The minimum atomic E-state index is -0.556. The van der Waals surface area contributed by atoms with Crippen molar-refractivity contribution in [1.29, 1.82) is 5.26 Å². The first-order valence-electron chi connectivity index (χ1n) is 5.42. The molecule has 7 heteroatoms. The highest BCUT2D eigenvalue weighted by Gasteiger charge is 2.11. The van der Waals surface area contributed by atoms with E-state index in [9.17, 15) is 10.1 Å². The smallest absolute Gasteiger partial charge is 0.270 e. The summed E-state index contributed by atoms with van der Waals surface area (Å²) < 4.78 is 0. The summed E-state index contributed by atoms with van der Waals surface area (Å²) >= 11 is 11.8. The Bertz CT molecular complexity index is 726. The summed E-state index contributed by atoms with van der Waals surface area (Å²) in [4.78, 5) is 10.1. The predicted octanol–water partition coefficient (Wildman–Crippen LogP) is 4.52. The van der Waals surface area contributed by atoms with Crippen LogP contribution in [0.15, 0.2) is 36.4 Å². The molecule has 0 unspecified atom stereocenters. The number of hydrogen-bond acceptors (Lipinski definition) is 4. The second kappa shape index (κ2) is 5.78. The van der Waals surface area contributed by atoms with Gasteiger partial charge < -0.3 is 5.32 Å². The molecule has 0 heterocycles. The zero-order valence-corrected chi connectivity index (χ0v) is 11.4. The van der Waals surface area contributed by atoms with Crippen LogP contribution in [0.2, 0.25) is 10.0 Å². The van der Waals surface area contributed by atoms with Crippen LogP contribution >= 0.6 is 23.2 Å². The van der Waals surface area contributed by atoms with E-state index in [2.05, 4.69) is 5.32 Å². The molecule has 0 spiro atoms. The van der Waals surface area contributed by atoms with E-state index in [4.69, 9.17) is 28.5 Å². The number of nitro groups is 1. The van der Waals surface area contributed by atoms with Crippen molar-refractivity contribution >= 4 is 40.3 Å². The monoisotopic (exact) mass is 307 g/mol. The number of halogens is 2. The van der Waals surface area contributed by atoms with E-state index in [0.717, 1.165) is 0 Å². The molecular weight excluding hydrogens is 301 g/mol. The molecule has 100 valence electrons. The molecule has 0 saturated carbocycles. The SMILES string of the molecule is N#Cc1cc([N+](=O)[O-])ccc1Nc1ccc(Cl)cc1Cl. The molecule has 0 fully saturated rings. The minimum Gasteiger partial charge on any atom is -0.353 e.